The molecule has 0 bridgehead atoms. The summed E-state index contributed by atoms with van der Waals surface area (Å²) in [6.45, 7) is 12.3. The van der Waals surface area contributed by atoms with Crippen molar-refractivity contribution in [3.63, 3.8) is 0 Å². The largest absolute Gasteiger partial charge is 0.379 e. The Balaban J connectivity index is 1.98. The van der Waals surface area contributed by atoms with Gasteiger partial charge in [0.25, 0.3) is 0 Å². The molecule has 0 amide bonds. The fraction of sp³-hybridized carbons (Fsp3) is 1.00. The Morgan fingerprint density at radius 1 is 1.19 bits per heavy atom. The van der Waals surface area contributed by atoms with E-state index < -0.39 is 0 Å². The number of morpholine rings is 1. The van der Waals surface area contributed by atoms with Crippen LogP contribution in [0.4, 0.5) is 0 Å². The summed E-state index contributed by atoms with van der Waals surface area (Å²) >= 11 is 0. The van der Waals surface area contributed by atoms with Crippen LogP contribution in [0.1, 0.15) is 26.7 Å². The molecule has 1 rings (SSSR count). The van der Waals surface area contributed by atoms with Crippen molar-refractivity contribution < 1.29 is 4.74 Å². The molecule has 0 aromatic rings. The van der Waals surface area contributed by atoms with Crippen LogP contribution in [0.3, 0.4) is 0 Å². The summed E-state index contributed by atoms with van der Waals surface area (Å²) in [4.78, 5) is 4.96. The van der Waals surface area contributed by atoms with Crippen molar-refractivity contribution in [1.29, 1.82) is 0 Å². The molecule has 0 saturated carbocycles. The van der Waals surface area contributed by atoms with Gasteiger partial charge in [-0.2, -0.15) is 0 Å². The molecule has 0 unspecified atom stereocenters. The van der Waals surface area contributed by atoms with Crippen LogP contribution in [0.5, 0.6) is 0 Å². The zero-order valence-corrected chi connectivity index (χ0v) is 11.2. The van der Waals surface area contributed by atoms with E-state index in [2.05, 4.69) is 30.7 Å². The van der Waals surface area contributed by atoms with E-state index in [9.17, 15) is 0 Å². The molecule has 1 heterocycles. The summed E-state index contributed by atoms with van der Waals surface area (Å²) in [7, 11) is 2.24. The van der Waals surface area contributed by atoms with Crippen LogP contribution in [0.15, 0.2) is 0 Å². The van der Waals surface area contributed by atoms with Crippen LogP contribution in [0.2, 0.25) is 0 Å². The lowest BCUT2D eigenvalue weighted by Gasteiger charge is -2.28. The second-order valence-electron chi connectivity index (χ2n) is 5.29. The minimum atomic E-state index is 0.840. The molecule has 1 fully saturated rings. The molecule has 3 nitrogen and oxygen atoms in total. The molecular weight excluding hydrogens is 200 g/mol. The van der Waals surface area contributed by atoms with Crippen molar-refractivity contribution in [2.45, 2.75) is 26.7 Å². The number of hydrogen-bond acceptors (Lipinski definition) is 3. The highest BCUT2D eigenvalue weighted by Gasteiger charge is 2.10. The smallest absolute Gasteiger partial charge is 0.0594 e. The molecule has 0 aromatic carbocycles. The Morgan fingerprint density at radius 3 is 2.50 bits per heavy atom. The van der Waals surface area contributed by atoms with Gasteiger partial charge < -0.3 is 9.64 Å². The van der Waals surface area contributed by atoms with Crippen LogP contribution in [-0.4, -0.2) is 62.8 Å². The number of ether oxygens (including phenoxy) is 1. The maximum atomic E-state index is 5.34. The lowest BCUT2D eigenvalue weighted by molar-refractivity contribution is 0.0344. The predicted octanol–water partition coefficient (Wildman–Crippen LogP) is 1.69. The van der Waals surface area contributed by atoms with Gasteiger partial charge in [0.05, 0.1) is 13.2 Å². The lowest BCUT2D eigenvalue weighted by Crippen LogP contribution is -2.40. The summed E-state index contributed by atoms with van der Waals surface area (Å²) in [5.74, 6) is 0.840. The van der Waals surface area contributed by atoms with Gasteiger partial charge in [-0.25, -0.2) is 0 Å². The topological polar surface area (TPSA) is 15.7 Å². The van der Waals surface area contributed by atoms with Crippen LogP contribution >= 0.6 is 0 Å². The fourth-order valence-corrected chi connectivity index (χ4v) is 2.02. The van der Waals surface area contributed by atoms with E-state index in [1.165, 1.54) is 32.5 Å². The minimum absolute atomic E-state index is 0.840. The van der Waals surface area contributed by atoms with E-state index >= 15 is 0 Å². The number of hydrogen-bond donors (Lipinski definition) is 0. The summed E-state index contributed by atoms with van der Waals surface area (Å²) in [6, 6.07) is 0. The molecule has 16 heavy (non-hydrogen) atoms. The van der Waals surface area contributed by atoms with Gasteiger partial charge in [0, 0.05) is 26.2 Å². The molecule has 96 valence electrons. The first kappa shape index (κ1) is 13.9. The maximum Gasteiger partial charge on any atom is 0.0594 e. The van der Waals surface area contributed by atoms with Gasteiger partial charge in [-0.3, -0.25) is 4.90 Å². The Morgan fingerprint density at radius 2 is 1.88 bits per heavy atom. The molecule has 0 N–H and O–H groups in total. The van der Waals surface area contributed by atoms with Crippen LogP contribution in [-0.2, 0) is 4.74 Å². The lowest BCUT2D eigenvalue weighted by atomic mass is 10.1. The quantitative estimate of drug-likeness (QED) is 0.659. The van der Waals surface area contributed by atoms with Crippen LogP contribution in [0, 0.1) is 5.92 Å². The van der Waals surface area contributed by atoms with Crippen LogP contribution in [0.25, 0.3) is 0 Å². The third-order valence-corrected chi connectivity index (χ3v) is 3.22. The molecule has 1 aliphatic rings. The van der Waals surface area contributed by atoms with Crippen molar-refractivity contribution in [2.24, 2.45) is 5.92 Å². The third-order valence-electron chi connectivity index (χ3n) is 3.22. The van der Waals surface area contributed by atoms with Crippen molar-refractivity contribution in [3.8, 4) is 0 Å². The van der Waals surface area contributed by atoms with Gasteiger partial charge in [0.2, 0.25) is 0 Å². The average Bonchev–Trinajstić information content (AvgIpc) is 2.27. The van der Waals surface area contributed by atoms with Crippen molar-refractivity contribution >= 4 is 0 Å². The maximum absolute atomic E-state index is 5.34. The first-order valence-electron chi connectivity index (χ1n) is 6.67. The highest BCUT2D eigenvalue weighted by Crippen LogP contribution is 2.04. The molecule has 0 aromatic heterocycles. The molecule has 1 aliphatic heterocycles. The minimum Gasteiger partial charge on any atom is -0.379 e. The normalized spacial score (nSPS) is 18.6. The summed E-state index contributed by atoms with van der Waals surface area (Å²) < 4.78 is 5.34. The van der Waals surface area contributed by atoms with Crippen molar-refractivity contribution in [1.82, 2.24) is 9.80 Å². The monoisotopic (exact) mass is 228 g/mol. The van der Waals surface area contributed by atoms with Gasteiger partial charge in [0.15, 0.2) is 0 Å². The average molecular weight is 228 g/mol. The first-order valence-corrected chi connectivity index (χ1v) is 6.67. The second-order valence-corrected chi connectivity index (χ2v) is 5.29. The highest BCUT2D eigenvalue weighted by atomic mass is 16.5. The van der Waals surface area contributed by atoms with E-state index in [4.69, 9.17) is 4.74 Å². The Bertz CT molecular complexity index is 167. The fourth-order valence-electron chi connectivity index (χ4n) is 2.02. The van der Waals surface area contributed by atoms with E-state index in [0.29, 0.717) is 0 Å². The summed E-state index contributed by atoms with van der Waals surface area (Å²) in [5, 5.41) is 0. The molecule has 0 atom stereocenters. The van der Waals surface area contributed by atoms with E-state index in [1.54, 1.807) is 0 Å². The zero-order chi connectivity index (χ0) is 11.8. The van der Waals surface area contributed by atoms with Crippen molar-refractivity contribution in [3.05, 3.63) is 0 Å². The molecule has 0 radical (unpaired) electrons. The van der Waals surface area contributed by atoms with Crippen LogP contribution < -0.4 is 0 Å². The second kappa shape index (κ2) is 8.04. The van der Waals surface area contributed by atoms with E-state index in [-0.39, 0.29) is 0 Å². The number of rotatable bonds is 7. The molecular formula is C13H28N2O. The predicted molar refractivity (Wildman–Crippen MR) is 68.8 cm³/mol. The summed E-state index contributed by atoms with van der Waals surface area (Å²) in [5.41, 5.74) is 0. The van der Waals surface area contributed by atoms with E-state index in [1.807, 2.05) is 0 Å². The highest BCUT2D eigenvalue weighted by molar-refractivity contribution is 4.64. The van der Waals surface area contributed by atoms with Gasteiger partial charge >= 0.3 is 0 Å². The summed E-state index contributed by atoms with van der Waals surface area (Å²) in [6.07, 6.45) is 2.68. The third kappa shape index (κ3) is 6.46. The number of likely N-dealkylation sites (N-methyl/N-ethyl adjacent to an activating group) is 1. The van der Waals surface area contributed by atoms with Gasteiger partial charge in [0.1, 0.15) is 0 Å². The SMILES string of the molecule is CC(C)CCCN(C)CCN1CCOCC1. The molecule has 1 saturated heterocycles. The van der Waals surface area contributed by atoms with Gasteiger partial charge in [-0.1, -0.05) is 13.8 Å². The number of nitrogens with zero attached hydrogens (tertiary/aromatic N) is 2. The first-order chi connectivity index (χ1) is 7.68. The standard InChI is InChI=1S/C13H28N2O/c1-13(2)5-4-6-14(3)7-8-15-9-11-16-12-10-15/h13H,4-12H2,1-3H3. The Labute approximate surface area is 101 Å². The van der Waals surface area contributed by atoms with Crippen molar-refractivity contribution in [2.75, 3.05) is 53.0 Å². The molecule has 0 aliphatic carbocycles. The van der Waals surface area contributed by atoms with E-state index in [0.717, 1.165) is 32.2 Å². The van der Waals surface area contributed by atoms with Gasteiger partial charge in [-0.15, -0.1) is 0 Å². The van der Waals surface area contributed by atoms with Gasteiger partial charge in [-0.05, 0) is 32.4 Å². The Hall–Kier alpha value is -0.120. The molecule has 0 spiro atoms. The zero-order valence-electron chi connectivity index (χ0n) is 11.2. The Kier molecular flexibility index (Phi) is 7.01. The molecule has 3 heteroatoms.